The van der Waals surface area contributed by atoms with Gasteiger partial charge in [-0.25, -0.2) is 4.98 Å². The second kappa shape index (κ2) is 5.25. The predicted octanol–water partition coefficient (Wildman–Crippen LogP) is 3.22. The number of nitrogen functional groups attached to an aromatic ring is 1. The largest absolute Gasteiger partial charge is 0.397 e. The maximum Gasteiger partial charge on any atom is 0.257 e. The zero-order valence-electron chi connectivity index (χ0n) is 9.15. The van der Waals surface area contributed by atoms with E-state index in [9.17, 15) is 4.79 Å². The molecule has 0 fully saturated rings. The van der Waals surface area contributed by atoms with Crippen LogP contribution in [0.4, 0.5) is 11.4 Å². The highest BCUT2D eigenvalue weighted by atomic mass is 35.5. The molecule has 0 saturated carbocycles. The van der Waals surface area contributed by atoms with Crippen LogP contribution in [-0.2, 0) is 0 Å². The number of hydrogen-bond acceptors (Lipinski definition) is 3. The molecule has 92 valence electrons. The van der Waals surface area contributed by atoms with E-state index in [1.54, 1.807) is 30.3 Å². The number of carbonyl (C=O) groups is 1. The van der Waals surface area contributed by atoms with Gasteiger partial charge in [-0.3, -0.25) is 4.79 Å². The van der Waals surface area contributed by atoms with Crippen LogP contribution >= 0.6 is 23.2 Å². The van der Waals surface area contributed by atoms with Crippen LogP contribution in [0.2, 0.25) is 10.2 Å². The summed E-state index contributed by atoms with van der Waals surface area (Å²) < 4.78 is 0. The lowest BCUT2D eigenvalue weighted by molar-refractivity contribution is 0.102. The summed E-state index contributed by atoms with van der Waals surface area (Å²) in [5, 5.41) is 3.31. The van der Waals surface area contributed by atoms with Gasteiger partial charge in [0.2, 0.25) is 0 Å². The number of pyridine rings is 1. The molecule has 1 aromatic heterocycles. The van der Waals surface area contributed by atoms with E-state index in [-0.39, 0.29) is 11.6 Å². The number of nitrogens with one attached hydrogen (secondary N) is 1. The highest BCUT2D eigenvalue weighted by Crippen LogP contribution is 2.23. The van der Waals surface area contributed by atoms with Crippen molar-refractivity contribution in [3.8, 4) is 0 Å². The molecular weight excluding hydrogens is 273 g/mol. The monoisotopic (exact) mass is 281 g/mol. The number of aromatic nitrogens is 1. The number of rotatable bonds is 2. The second-order valence-electron chi connectivity index (χ2n) is 3.52. The van der Waals surface area contributed by atoms with Crippen LogP contribution in [0.25, 0.3) is 0 Å². The van der Waals surface area contributed by atoms with Crippen LogP contribution in [0.3, 0.4) is 0 Å². The zero-order valence-corrected chi connectivity index (χ0v) is 10.7. The Bertz CT molecular complexity index is 602. The van der Waals surface area contributed by atoms with Crippen LogP contribution in [0.1, 0.15) is 10.4 Å². The Hall–Kier alpha value is -1.78. The number of anilines is 2. The predicted molar refractivity (Wildman–Crippen MR) is 73.1 cm³/mol. The first-order chi connectivity index (χ1) is 8.58. The Morgan fingerprint density at radius 2 is 2.06 bits per heavy atom. The van der Waals surface area contributed by atoms with E-state index in [1.807, 2.05) is 0 Å². The van der Waals surface area contributed by atoms with Gasteiger partial charge in [-0.15, -0.1) is 0 Å². The first kappa shape index (κ1) is 12.7. The van der Waals surface area contributed by atoms with Gasteiger partial charge in [0, 0.05) is 11.9 Å². The van der Waals surface area contributed by atoms with Crippen LogP contribution in [0.5, 0.6) is 0 Å². The Morgan fingerprint density at radius 3 is 2.78 bits per heavy atom. The molecule has 0 saturated heterocycles. The van der Waals surface area contributed by atoms with Crippen LogP contribution in [-0.4, -0.2) is 10.9 Å². The van der Waals surface area contributed by atoms with E-state index in [0.29, 0.717) is 21.4 Å². The van der Waals surface area contributed by atoms with Gasteiger partial charge in [-0.1, -0.05) is 29.3 Å². The molecule has 1 aromatic carbocycles. The van der Waals surface area contributed by atoms with Gasteiger partial charge in [0.15, 0.2) is 0 Å². The van der Waals surface area contributed by atoms with Gasteiger partial charge in [-0.2, -0.15) is 0 Å². The third-order valence-corrected chi connectivity index (χ3v) is 2.82. The van der Waals surface area contributed by atoms with Gasteiger partial charge < -0.3 is 11.1 Å². The molecule has 0 radical (unpaired) electrons. The molecule has 1 amide bonds. The highest BCUT2D eigenvalue weighted by molar-refractivity contribution is 6.34. The first-order valence-corrected chi connectivity index (χ1v) is 5.80. The van der Waals surface area contributed by atoms with Crippen molar-refractivity contribution in [2.75, 3.05) is 11.1 Å². The molecule has 0 bridgehead atoms. The van der Waals surface area contributed by atoms with Crippen molar-refractivity contribution in [3.63, 3.8) is 0 Å². The molecule has 0 unspecified atom stereocenters. The second-order valence-corrected chi connectivity index (χ2v) is 4.32. The van der Waals surface area contributed by atoms with Gasteiger partial charge >= 0.3 is 0 Å². The molecule has 4 nitrogen and oxygen atoms in total. The minimum absolute atomic E-state index is 0.247. The Kier molecular flexibility index (Phi) is 3.69. The van der Waals surface area contributed by atoms with Gasteiger partial charge in [0.05, 0.1) is 16.3 Å². The molecule has 0 aliphatic rings. The number of halogens is 2. The van der Waals surface area contributed by atoms with Crippen molar-refractivity contribution >= 4 is 40.5 Å². The van der Waals surface area contributed by atoms with E-state index in [2.05, 4.69) is 10.3 Å². The fourth-order valence-corrected chi connectivity index (χ4v) is 1.76. The molecule has 0 atom stereocenters. The average molecular weight is 282 g/mol. The zero-order chi connectivity index (χ0) is 13.1. The van der Waals surface area contributed by atoms with E-state index in [4.69, 9.17) is 28.9 Å². The summed E-state index contributed by atoms with van der Waals surface area (Å²) in [4.78, 5) is 15.8. The van der Waals surface area contributed by atoms with Gasteiger partial charge in [0.1, 0.15) is 5.15 Å². The molecular formula is C12H9Cl2N3O. The van der Waals surface area contributed by atoms with Crippen molar-refractivity contribution < 1.29 is 4.79 Å². The summed E-state index contributed by atoms with van der Waals surface area (Å²) >= 11 is 11.6. The smallest absolute Gasteiger partial charge is 0.257 e. The molecule has 0 spiro atoms. The van der Waals surface area contributed by atoms with E-state index in [0.717, 1.165) is 0 Å². The summed E-state index contributed by atoms with van der Waals surface area (Å²) in [5.41, 5.74) is 6.84. The number of hydrogen-bond donors (Lipinski definition) is 2. The molecule has 2 aromatic rings. The normalized spacial score (nSPS) is 10.1. The number of benzene rings is 1. The molecule has 0 aliphatic carbocycles. The van der Waals surface area contributed by atoms with Crippen LogP contribution < -0.4 is 11.1 Å². The third-order valence-electron chi connectivity index (χ3n) is 2.28. The number of nitrogens with two attached hydrogens (primary N) is 1. The minimum Gasteiger partial charge on any atom is -0.397 e. The maximum absolute atomic E-state index is 12.0. The average Bonchev–Trinajstić information content (AvgIpc) is 2.32. The quantitative estimate of drug-likeness (QED) is 0.656. The van der Waals surface area contributed by atoms with E-state index < -0.39 is 0 Å². The SMILES string of the molecule is Nc1c(Cl)cccc1C(=O)Nc1ccnc(Cl)c1. The van der Waals surface area contributed by atoms with Crippen LogP contribution in [0.15, 0.2) is 36.5 Å². The Labute approximate surface area is 114 Å². The number of carbonyl (C=O) groups excluding carboxylic acids is 1. The summed E-state index contributed by atoms with van der Waals surface area (Å²) in [6, 6.07) is 8.05. The molecule has 2 rings (SSSR count). The third kappa shape index (κ3) is 2.72. The number of para-hydroxylation sites is 1. The molecule has 0 aliphatic heterocycles. The lowest BCUT2D eigenvalue weighted by Gasteiger charge is -2.08. The van der Waals surface area contributed by atoms with Crippen molar-refractivity contribution in [3.05, 3.63) is 52.3 Å². The summed E-state index contributed by atoms with van der Waals surface area (Å²) in [7, 11) is 0. The maximum atomic E-state index is 12.0. The van der Waals surface area contributed by atoms with Crippen molar-refractivity contribution in [2.45, 2.75) is 0 Å². The van der Waals surface area contributed by atoms with Crippen molar-refractivity contribution in [2.24, 2.45) is 0 Å². The standard InChI is InChI=1S/C12H9Cl2N3O/c13-9-3-1-2-8(11(9)15)12(18)17-7-4-5-16-10(14)6-7/h1-6H,15H2,(H,16,17,18). The van der Waals surface area contributed by atoms with Crippen molar-refractivity contribution in [1.29, 1.82) is 0 Å². The fraction of sp³-hybridized carbons (Fsp3) is 0. The summed E-state index contributed by atoms with van der Waals surface area (Å²) in [6.07, 6.45) is 1.50. The molecule has 1 heterocycles. The van der Waals surface area contributed by atoms with Gasteiger partial charge in [-0.05, 0) is 24.3 Å². The van der Waals surface area contributed by atoms with E-state index >= 15 is 0 Å². The lowest BCUT2D eigenvalue weighted by Crippen LogP contribution is -2.14. The summed E-state index contributed by atoms with van der Waals surface area (Å²) in [6.45, 7) is 0. The number of nitrogens with zero attached hydrogens (tertiary/aromatic N) is 1. The number of amides is 1. The van der Waals surface area contributed by atoms with Crippen LogP contribution in [0, 0.1) is 0 Å². The van der Waals surface area contributed by atoms with Gasteiger partial charge in [0.25, 0.3) is 5.91 Å². The summed E-state index contributed by atoms with van der Waals surface area (Å²) in [5.74, 6) is -0.350. The molecule has 3 N–H and O–H groups in total. The highest BCUT2D eigenvalue weighted by Gasteiger charge is 2.12. The Morgan fingerprint density at radius 1 is 1.28 bits per heavy atom. The molecule has 6 heteroatoms. The van der Waals surface area contributed by atoms with E-state index in [1.165, 1.54) is 6.20 Å². The topological polar surface area (TPSA) is 68.0 Å². The lowest BCUT2D eigenvalue weighted by atomic mass is 10.1. The van der Waals surface area contributed by atoms with Crippen molar-refractivity contribution in [1.82, 2.24) is 4.98 Å². The molecule has 18 heavy (non-hydrogen) atoms. The Balaban J connectivity index is 2.25. The minimum atomic E-state index is -0.350. The fourth-order valence-electron chi connectivity index (χ4n) is 1.41. The first-order valence-electron chi connectivity index (χ1n) is 5.05.